The summed E-state index contributed by atoms with van der Waals surface area (Å²) in [7, 11) is 0. The van der Waals surface area contributed by atoms with Gasteiger partial charge in [-0.2, -0.15) is 0 Å². The number of carbonyl (C=O) groups excluding carboxylic acids is 1. The highest BCUT2D eigenvalue weighted by molar-refractivity contribution is 7.14. The van der Waals surface area contributed by atoms with Gasteiger partial charge in [-0.05, 0) is 28.8 Å². The van der Waals surface area contributed by atoms with Gasteiger partial charge in [0.05, 0.1) is 6.54 Å². The lowest BCUT2D eigenvalue weighted by atomic mass is 10.2. The molecule has 2 aromatic heterocycles. The van der Waals surface area contributed by atoms with E-state index < -0.39 is 0 Å². The van der Waals surface area contributed by atoms with Crippen LogP contribution in [0.1, 0.15) is 18.7 Å². The second-order valence-corrected chi connectivity index (χ2v) is 7.02. The number of thiophene rings is 2. The Hall–Kier alpha value is -1.17. The molecule has 2 heterocycles. The van der Waals surface area contributed by atoms with Gasteiger partial charge in [0.1, 0.15) is 0 Å². The van der Waals surface area contributed by atoms with E-state index in [2.05, 4.69) is 53.4 Å². The molecule has 0 bridgehead atoms. The second-order valence-electron chi connectivity index (χ2n) is 5.08. The van der Waals surface area contributed by atoms with E-state index in [1.807, 2.05) is 0 Å². The summed E-state index contributed by atoms with van der Waals surface area (Å²) in [5, 5.41) is 10.3. The second kappa shape index (κ2) is 7.57. The van der Waals surface area contributed by atoms with E-state index in [0.29, 0.717) is 12.5 Å². The number of rotatable bonds is 7. The maximum absolute atomic E-state index is 11.6. The third kappa shape index (κ3) is 4.74. The van der Waals surface area contributed by atoms with Gasteiger partial charge in [0, 0.05) is 28.4 Å². The standard InChI is InChI=1S/C15H20N2OS2/c1-11(2)7-17-15(18)9-16-8-13-6-12(10-20-13)14-4-3-5-19-14/h3-6,10-11,16H,7-9H2,1-2H3,(H,17,18). The summed E-state index contributed by atoms with van der Waals surface area (Å²) >= 11 is 3.48. The normalized spacial score (nSPS) is 10.9. The Morgan fingerprint density at radius 2 is 2.20 bits per heavy atom. The molecule has 0 fully saturated rings. The fourth-order valence-electron chi connectivity index (χ4n) is 1.73. The third-order valence-corrected chi connectivity index (χ3v) is 4.61. The average Bonchev–Trinajstić information content (AvgIpc) is 3.06. The van der Waals surface area contributed by atoms with E-state index in [9.17, 15) is 4.79 Å². The van der Waals surface area contributed by atoms with Crippen molar-refractivity contribution in [1.29, 1.82) is 0 Å². The summed E-state index contributed by atoms with van der Waals surface area (Å²) in [5.74, 6) is 0.554. The minimum Gasteiger partial charge on any atom is -0.355 e. The van der Waals surface area contributed by atoms with Gasteiger partial charge in [-0.1, -0.05) is 19.9 Å². The molecule has 2 N–H and O–H groups in total. The molecule has 2 aromatic rings. The molecule has 0 saturated heterocycles. The zero-order valence-corrected chi connectivity index (χ0v) is 13.4. The van der Waals surface area contributed by atoms with Crippen LogP contribution in [0.15, 0.2) is 29.0 Å². The number of hydrogen-bond donors (Lipinski definition) is 2. The topological polar surface area (TPSA) is 41.1 Å². The Labute approximate surface area is 128 Å². The van der Waals surface area contributed by atoms with E-state index in [0.717, 1.165) is 13.1 Å². The van der Waals surface area contributed by atoms with Gasteiger partial charge in [-0.25, -0.2) is 0 Å². The molecule has 0 aliphatic heterocycles. The highest BCUT2D eigenvalue weighted by Gasteiger charge is 2.05. The predicted octanol–water partition coefficient (Wildman–Crippen LogP) is 3.34. The first kappa shape index (κ1) is 15.2. The van der Waals surface area contributed by atoms with Gasteiger partial charge in [0.25, 0.3) is 0 Å². The van der Waals surface area contributed by atoms with E-state index in [1.54, 1.807) is 22.7 Å². The first-order valence-corrected chi connectivity index (χ1v) is 8.50. The number of hydrogen-bond acceptors (Lipinski definition) is 4. The van der Waals surface area contributed by atoms with Crippen LogP contribution in [-0.2, 0) is 11.3 Å². The van der Waals surface area contributed by atoms with E-state index >= 15 is 0 Å². The molecule has 0 aromatic carbocycles. The summed E-state index contributed by atoms with van der Waals surface area (Å²) in [6, 6.07) is 6.38. The quantitative estimate of drug-likeness (QED) is 0.823. The van der Waals surface area contributed by atoms with Crippen molar-refractivity contribution in [2.45, 2.75) is 20.4 Å². The molecule has 0 atom stereocenters. The highest BCUT2D eigenvalue weighted by atomic mass is 32.1. The SMILES string of the molecule is CC(C)CNC(=O)CNCc1cc(-c2cccs2)cs1. The lowest BCUT2D eigenvalue weighted by Crippen LogP contribution is -2.35. The Morgan fingerprint density at radius 3 is 2.90 bits per heavy atom. The van der Waals surface area contributed by atoms with Gasteiger partial charge in [-0.15, -0.1) is 22.7 Å². The van der Waals surface area contributed by atoms with Crippen LogP contribution in [0, 0.1) is 5.92 Å². The maximum atomic E-state index is 11.6. The Morgan fingerprint density at radius 1 is 1.35 bits per heavy atom. The molecule has 20 heavy (non-hydrogen) atoms. The minimum absolute atomic E-state index is 0.0636. The van der Waals surface area contributed by atoms with Crippen LogP contribution in [0.2, 0.25) is 0 Å². The molecule has 0 spiro atoms. The lowest BCUT2D eigenvalue weighted by molar-refractivity contribution is -0.120. The van der Waals surface area contributed by atoms with Crippen LogP contribution in [0.3, 0.4) is 0 Å². The molecule has 0 aliphatic carbocycles. The molecular weight excluding hydrogens is 288 g/mol. The fraction of sp³-hybridized carbons (Fsp3) is 0.400. The van der Waals surface area contributed by atoms with Crippen LogP contribution in [-0.4, -0.2) is 19.0 Å². The van der Waals surface area contributed by atoms with Gasteiger partial charge < -0.3 is 10.6 Å². The summed E-state index contributed by atoms with van der Waals surface area (Å²) in [4.78, 5) is 14.1. The van der Waals surface area contributed by atoms with Crippen molar-refractivity contribution >= 4 is 28.6 Å². The predicted molar refractivity (Wildman–Crippen MR) is 87.2 cm³/mol. The molecule has 108 valence electrons. The number of carbonyl (C=O) groups is 1. The summed E-state index contributed by atoms with van der Waals surface area (Å²) in [6.07, 6.45) is 0. The number of nitrogens with one attached hydrogen (secondary N) is 2. The molecule has 0 radical (unpaired) electrons. The van der Waals surface area contributed by atoms with Gasteiger partial charge in [0.2, 0.25) is 5.91 Å². The highest BCUT2D eigenvalue weighted by Crippen LogP contribution is 2.29. The first-order valence-electron chi connectivity index (χ1n) is 6.74. The van der Waals surface area contributed by atoms with Gasteiger partial charge in [0.15, 0.2) is 0 Å². The number of amides is 1. The summed E-state index contributed by atoms with van der Waals surface area (Å²) in [6.45, 7) is 6.03. The molecule has 0 unspecified atom stereocenters. The molecular formula is C15H20N2OS2. The van der Waals surface area contributed by atoms with Gasteiger partial charge >= 0.3 is 0 Å². The van der Waals surface area contributed by atoms with Crippen molar-refractivity contribution in [1.82, 2.24) is 10.6 Å². The zero-order chi connectivity index (χ0) is 14.4. The molecule has 2 rings (SSSR count). The van der Waals surface area contributed by atoms with Crippen LogP contribution in [0.25, 0.3) is 10.4 Å². The molecule has 1 amide bonds. The van der Waals surface area contributed by atoms with Crippen LogP contribution < -0.4 is 10.6 Å². The monoisotopic (exact) mass is 308 g/mol. The zero-order valence-electron chi connectivity index (χ0n) is 11.8. The average molecular weight is 308 g/mol. The maximum Gasteiger partial charge on any atom is 0.233 e. The Balaban J connectivity index is 1.73. The van der Waals surface area contributed by atoms with E-state index in [-0.39, 0.29) is 5.91 Å². The summed E-state index contributed by atoms with van der Waals surface area (Å²) in [5.41, 5.74) is 1.27. The lowest BCUT2D eigenvalue weighted by Gasteiger charge is -2.07. The largest absolute Gasteiger partial charge is 0.355 e. The molecule has 0 aliphatic rings. The van der Waals surface area contributed by atoms with Crippen molar-refractivity contribution in [3.05, 3.63) is 33.8 Å². The third-order valence-electron chi connectivity index (χ3n) is 2.75. The van der Waals surface area contributed by atoms with Crippen molar-refractivity contribution in [2.75, 3.05) is 13.1 Å². The smallest absolute Gasteiger partial charge is 0.233 e. The molecule has 0 saturated carbocycles. The minimum atomic E-state index is 0.0636. The van der Waals surface area contributed by atoms with Crippen molar-refractivity contribution in [2.24, 2.45) is 5.92 Å². The van der Waals surface area contributed by atoms with Crippen LogP contribution in [0.4, 0.5) is 0 Å². The van der Waals surface area contributed by atoms with Crippen LogP contribution in [0.5, 0.6) is 0 Å². The molecule has 5 heteroatoms. The van der Waals surface area contributed by atoms with Crippen molar-refractivity contribution in [3.8, 4) is 10.4 Å². The fourth-order valence-corrected chi connectivity index (χ4v) is 3.37. The van der Waals surface area contributed by atoms with Crippen LogP contribution >= 0.6 is 22.7 Å². The van der Waals surface area contributed by atoms with Gasteiger partial charge in [-0.3, -0.25) is 4.79 Å². The Bertz CT molecular complexity index is 532. The summed E-state index contributed by atoms with van der Waals surface area (Å²) < 4.78 is 0. The van der Waals surface area contributed by atoms with Crippen molar-refractivity contribution < 1.29 is 4.79 Å². The first-order chi connectivity index (χ1) is 9.65. The molecule has 3 nitrogen and oxygen atoms in total. The van der Waals surface area contributed by atoms with E-state index in [1.165, 1.54) is 15.3 Å². The Kier molecular flexibility index (Phi) is 5.76. The van der Waals surface area contributed by atoms with E-state index in [4.69, 9.17) is 0 Å². The van der Waals surface area contributed by atoms with Crippen molar-refractivity contribution in [3.63, 3.8) is 0 Å².